The van der Waals surface area contributed by atoms with Crippen molar-refractivity contribution in [2.24, 2.45) is 0 Å². The highest BCUT2D eigenvalue weighted by Crippen LogP contribution is 2.18. The van der Waals surface area contributed by atoms with Crippen molar-refractivity contribution in [2.75, 3.05) is 10.6 Å². The van der Waals surface area contributed by atoms with Crippen LogP contribution in [0.15, 0.2) is 60.8 Å². The van der Waals surface area contributed by atoms with Gasteiger partial charge in [-0.15, -0.1) is 0 Å². The first kappa shape index (κ1) is 15.9. The largest absolute Gasteiger partial charge is 0.324 e. The van der Waals surface area contributed by atoms with Crippen molar-refractivity contribution in [1.82, 2.24) is 9.97 Å². The van der Waals surface area contributed by atoms with Crippen LogP contribution >= 0.6 is 11.6 Å². The number of amides is 1. The van der Waals surface area contributed by atoms with Gasteiger partial charge in [-0.05, 0) is 42.5 Å². The molecule has 0 fully saturated rings. The van der Waals surface area contributed by atoms with E-state index in [-0.39, 0.29) is 11.6 Å². The zero-order valence-corrected chi connectivity index (χ0v) is 13.1. The fourth-order valence-corrected chi connectivity index (χ4v) is 2.19. The van der Waals surface area contributed by atoms with Gasteiger partial charge in [0.05, 0.1) is 0 Å². The third-order valence-corrected chi connectivity index (χ3v) is 3.29. The fraction of sp³-hybridized carbons (Fsp3) is 0. The Bertz CT molecular complexity index is 888. The predicted octanol–water partition coefficient (Wildman–Crippen LogP) is 4.27. The lowest BCUT2D eigenvalue weighted by Crippen LogP contribution is -2.14. The first-order valence-electron chi connectivity index (χ1n) is 7.03. The van der Waals surface area contributed by atoms with Gasteiger partial charge in [0.25, 0.3) is 5.91 Å². The Morgan fingerprint density at radius 3 is 2.62 bits per heavy atom. The highest BCUT2D eigenvalue weighted by atomic mass is 35.5. The van der Waals surface area contributed by atoms with E-state index in [0.29, 0.717) is 16.4 Å². The van der Waals surface area contributed by atoms with E-state index in [1.54, 1.807) is 30.3 Å². The molecule has 1 amide bonds. The maximum absolute atomic E-state index is 13.2. The maximum Gasteiger partial charge on any atom is 0.274 e. The SMILES string of the molecule is O=C(Nc1cccc(F)c1)c1ccnc(Nc2cccc(Cl)c2)n1. The van der Waals surface area contributed by atoms with E-state index in [9.17, 15) is 9.18 Å². The molecule has 3 aromatic rings. The van der Waals surface area contributed by atoms with Crippen LogP contribution in [-0.4, -0.2) is 15.9 Å². The maximum atomic E-state index is 13.2. The van der Waals surface area contributed by atoms with E-state index < -0.39 is 11.7 Å². The van der Waals surface area contributed by atoms with Gasteiger partial charge < -0.3 is 10.6 Å². The minimum Gasteiger partial charge on any atom is -0.324 e. The van der Waals surface area contributed by atoms with Crippen molar-refractivity contribution in [1.29, 1.82) is 0 Å². The summed E-state index contributed by atoms with van der Waals surface area (Å²) in [6.07, 6.45) is 1.46. The van der Waals surface area contributed by atoms with E-state index in [0.717, 1.165) is 0 Å². The summed E-state index contributed by atoms with van der Waals surface area (Å²) < 4.78 is 13.2. The van der Waals surface area contributed by atoms with Gasteiger partial charge in [0.1, 0.15) is 11.5 Å². The number of hydrogen-bond acceptors (Lipinski definition) is 4. The minimum atomic E-state index is -0.461. The molecule has 120 valence electrons. The van der Waals surface area contributed by atoms with Gasteiger partial charge in [0.2, 0.25) is 5.95 Å². The summed E-state index contributed by atoms with van der Waals surface area (Å²) in [6, 6.07) is 14.1. The Hall–Kier alpha value is -2.99. The molecule has 0 aliphatic heterocycles. The van der Waals surface area contributed by atoms with Gasteiger partial charge in [-0.2, -0.15) is 0 Å². The van der Waals surface area contributed by atoms with Crippen molar-refractivity contribution in [2.45, 2.75) is 0 Å². The van der Waals surface area contributed by atoms with Crippen molar-refractivity contribution < 1.29 is 9.18 Å². The molecule has 2 aromatic carbocycles. The van der Waals surface area contributed by atoms with Gasteiger partial charge in [0, 0.05) is 22.6 Å². The summed E-state index contributed by atoms with van der Waals surface area (Å²) in [6.45, 7) is 0. The van der Waals surface area contributed by atoms with Gasteiger partial charge in [-0.25, -0.2) is 14.4 Å². The molecule has 1 aromatic heterocycles. The summed E-state index contributed by atoms with van der Waals surface area (Å²) in [5.74, 6) is -0.639. The molecule has 0 radical (unpaired) electrons. The fourth-order valence-electron chi connectivity index (χ4n) is 2.00. The topological polar surface area (TPSA) is 66.9 Å². The Balaban J connectivity index is 1.76. The minimum absolute atomic E-state index is 0.152. The second-order valence-corrected chi connectivity index (χ2v) is 5.30. The third kappa shape index (κ3) is 4.05. The monoisotopic (exact) mass is 342 g/mol. The van der Waals surface area contributed by atoms with Crippen LogP contribution in [-0.2, 0) is 0 Å². The molecule has 0 bridgehead atoms. The van der Waals surface area contributed by atoms with E-state index in [1.165, 1.54) is 30.5 Å². The molecule has 1 heterocycles. The number of carbonyl (C=O) groups is 1. The van der Waals surface area contributed by atoms with Crippen LogP contribution in [0.5, 0.6) is 0 Å². The molecule has 0 unspecified atom stereocenters. The number of nitrogens with zero attached hydrogens (tertiary/aromatic N) is 2. The third-order valence-electron chi connectivity index (χ3n) is 3.05. The zero-order valence-electron chi connectivity index (χ0n) is 12.3. The van der Waals surface area contributed by atoms with Crippen LogP contribution in [0.1, 0.15) is 10.5 Å². The number of rotatable bonds is 4. The molecule has 0 aliphatic carbocycles. The summed E-state index contributed by atoms with van der Waals surface area (Å²) in [4.78, 5) is 20.4. The quantitative estimate of drug-likeness (QED) is 0.743. The number of carbonyl (C=O) groups excluding carboxylic acids is 1. The number of nitrogens with one attached hydrogen (secondary N) is 2. The highest BCUT2D eigenvalue weighted by molar-refractivity contribution is 6.30. The number of hydrogen-bond donors (Lipinski definition) is 2. The smallest absolute Gasteiger partial charge is 0.274 e. The lowest BCUT2D eigenvalue weighted by molar-refractivity contribution is 0.102. The number of anilines is 3. The second-order valence-electron chi connectivity index (χ2n) is 4.87. The summed E-state index contributed by atoms with van der Waals surface area (Å²) in [5, 5.41) is 6.12. The van der Waals surface area contributed by atoms with Crippen LogP contribution in [0.4, 0.5) is 21.7 Å². The molecule has 0 saturated heterocycles. The summed E-state index contributed by atoms with van der Waals surface area (Å²) in [7, 11) is 0. The Labute approximate surface area is 142 Å². The number of aromatic nitrogens is 2. The molecule has 0 spiro atoms. The van der Waals surface area contributed by atoms with E-state index in [4.69, 9.17) is 11.6 Å². The Kier molecular flexibility index (Phi) is 4.67. The van der Waals surface area contributed by atoms with E-state index in [1.807, 2.05) is 0 Å². The van der Waals surface area contributed by atoms with E-state index >= 15 is 0 Å². The molecular weight excluding hydrogens is 331 g/mol. The normalized spacial score (nSPS) is 10.2. The Morgan fingerprint density at radius 1 is 1.04 bits per heavy atom. The van der Waals surface area contributed by atoms with Crippen molar-refractivity contribution >= 4 is 34.8 Å². The summed E-state index contributed by atoms with van der Waals surface area (Å²) >= 11 is 5.92. The molecule has 0 aliphatic rings. The molecule has 5 nitrogen and oxygen atoms in total. The standard InChI is InChI=1S/C17H12ClFN4O/c18-11-3-1-5-13(9-11)22-17-20-8-7-15(23-17)16(24)21-14-6-2-4-12(19)10-14/h1-10H,(H,21,24)(H,20,22,23). The molecule has 24 heavy (non-hydrogen) atoms. The highest BCUT2D eigenvalue weighted by Gasteiger charge is 2.10. The van der Waals surface area contributed by atoms with E-state index in [2.05, 4.69) is 20.6 Å². The molecule has 0 atom stereocenters. The van der Waals surface area contributed by atoms with Crippen LogP contribution in [0.3, 0.4) is 0 Å². The van der Waals surface area contributed by atoms with Gasteiger partial charge in [-0.1, -0.05) is 23.7 Å². The van der Waals surface area contributed by atoms with Crippen LogP contribution in [0, 0.1) is 5.82 Å². The van der Waals surface area contributed by atoms with Crippen LogP contribution < -0.4 is 10.6 Å². The Morgan fingerprint density at radius 2 is 1.83 bits per heavy atom. The lowest BCUT2D eigenvalue weighted by atomic mass is 10.3. The van der Waals surface area contributed by atoms with Crippen LogP contribution in [0.25, 0.3) is 0 Å². The average Bonchev–Trinajstić information content (AvgIpc) is 2.55. The number of halogens is 2. The van der Waals surface area contributed by atoms with Crippen molar-refractivity contribution in [3.63, 3.8) is 0 Å². The van der Waals surface area contributed by atoms with Gasteiger partial charge in [-0.3, -0.25) is 4.79 Å². The van der Waals surface area contributed by atoms with Gasteiger partial charge in [0.15, 0.2) is 0 Å². The summed E-state index contributed by atoms with van der Waals surface area (Å²) in [5.41, 5.74) is 1.20. The molecule has 0 saturated carbocycles. The first-order valence-corrected chi connectivity index (χ1v) is 7.40. The molecule has 3 rings (SSSR count). The molecular formula is C17H12ClFN4O. The predicted molar refractivity (Wildman–Crippen MR) is 91.1 cm³/mol. The average molecular weight is 343 g/mol. The molecule has 7 heteroatoms. The number of benzene rings is 2. The second kappa shape index (κ2) is 7.06. The van der Waals surface area contributed by atoms with Crippen molar-refractivity contribution in [3.05, 3.63) is 77.3 Å². The van der Waals surface area contributed by atoms with Crippen LogP contribution in [0.2, 0.25) is 5.02 Å². The van der Waals surface area contributed by atoms with Crippen molar-refractivity contribution in [3.8, 4) is 0 Å². The van der Waals surface area contributed by atoms with Gasteiger partial charge >= 0.3 is 0 Å². The first-order chi connectivity index (χ1) is 11.6. The molecule has 2 N–H and O–H groups in total. The lowest BCUT2D eigenvalue weighted by Gasteiger charge is -2.07. The zero-order chi connectivity index (χ0) is 16.9.